The molecule has 0 saturated carbocycles. The van der Waals surface area contributed by atoms with E-state index in [1.54, 1.807) is 11.4 Å². The van der Waals surface area contributed by atoms with Gasteiger partial charge in [0, 0.05) is 17.2 Å². The van der Waals surface area contributed by atoms with Crippen LogP contribution >= 0.6 is 34.3 Å². The highest BCUT2D eigenvalue weighted by Gasteiger charge is 2.13. The van der Waals surface area contributed by atoms with Crippen LogP contribution in [0.5, 0.6) is 0 Å². The number of amides is 1. The molecule has 0 spiro atoms. The molecule has 5 nitrogen and oxygen atoms in total. The lowest BCUT2D eigenvalue weighted by molar-refractivity contribution is -0.131. The van der Waals surface area contributed by atoms with E-state index in [1.165, 1.54) is 34.9 Å². The third-order valence-electron chi connectivity index (χ3n) is 1.96. The number of nitrogens with one attached hydrogen (secondary N) is 1. The predicted molar refractivity (Wildman–Crippen MR) is 76.1 cm³/mol. The highest BCUT2D eigenvalue weighted by atomic mass is 35.5. The Bertz CT molecular complexity index is 648. The number of aliphatic carboxylic acids is 1. The molecular formula is C11H7ClN2O3S2. The molecule has 2 rings (SSSR count). The van der Waals surface area contributed by atoms with Gasteiger partial charge in [-0.25, -0.2) is 9.78 Å². The van der Waals surface area contributed by atoms with Crippen molar-refractivity contribution in [2.45, 2.75) is 0 Å². The number of hydrogen-bond acceptors (Lipinski definition) is 5. The van der Waals surface area contributed by atoms with Gasteiger partial charge in [-0.1, -0.05) is 22.9 Å². The number of carbonyl (C=O) groups excluding carboxylic acids is 1. The minimum Gasteiger partial charge on any atom is -0.478 e. The average Bonchev–Trinajstić information content (AvgIpc) is 2.95. The molecule has 0 aromatic carbocycles. The zero-order valence-electron chi connectivity index (χ0n) is 9.29. The van der Waals surface area contributed by atoms with Gasteiger partial charge in [0.25, 0.3) is 5.91 Å². The van der Waals surface area contributed by atoms with Gasteiger partial charge in [-0.3, -0.25) is 10.1 Å². The second kappa shape index (κ2) is 5.96. The number of anilines is 1. The summed E-state index contributed by atoms with van der Waals surface area (Å²) in [5, 5.41) is 13.6. The van der Waals surface area contributed by atoms with Crippen molar-refractivity contribution in [3.8, 4) is 0 Å². The van der Waals surface area contributed by atoms with Crippen molar-refractivity contribution < 1.29 is 14.7 Å². The van der Waals surface area contributed by atoms with Crippen molar-refractivity contribution in [2.24, 2.45) is 0 Å². The van der Waals surface area contributed by atoms with E-state index in [-0.39, 0.29) is 5.91 Å². The van der Waals surface area contributed by atoms with Gasteiger partial charge in [-0.05, 0) is 17.5 Å². The van der Waals surface area contributed by atoms with Crippen LogP contribution in [0.2, 0.25) is 5.02 Å². The zero-order valence-corrected chi connectivity index (χ0v) is 11.7. The molecule has 2 aromatic rings. The van der Waals surface area contributed by atoms with Crippen LogP contribution in [0.1, 0.15) is 14.5 Å². The number of aromatic nitrogens is 1. The van der Waals surface area contributed by atoms with Crippen LogP contribution in [-0.4, -0.2) is 22.0 Å². The zero-order chi connectivity index (χ0) is 13.8. The van der Waals surface area contributed by atoms with Crippen molar-refractivity contribution in [2.75, 3.05) is 5.32 Å². The first-order valence-corrected chi connectivity index (χ1v) is 7.05. The molecule has 0 saturated heterocycles. The van der Waals surface area contributed by atoms with E-state index < -0.39 is 5.97 Å². The molecule has 0 atom stereocenters. The van der Waals surface area contributed by atoms with Gasteiger partial charge in [0.05, 0.1) is 5.02 Å². The molecule has 2 aromatic heterocycles. The molecule has 0 aliphatic carbocycles. The number of carboxylic acid groups (broad SMARTS) is 1. The van der Waals surface area contributed by atoms with Gasteiger partial charge >= 0.3 is 5.97 Å². The second-order valence-corrected chi connectivity index (χ2v) is 5.68. The molecule has 0 unspecified atom stereocenters. The Morgan fingerprint density at radius 1 is 1.47 bits per heavy atom. The summed E-state index contributed by atoms with van der Waals surface area (Å²) in [4.78, 5) is 27.2. The van der Waals surface area contributed by atoms with Crippen molar-refractivity contribution in [3.05, 3.63) is 38.5 Å². The van der Waals surface area contributed by atoms with Crippen LogP contribution in [0.25, 0.3) is 6.08 Å². The highest BCUT2D eigenvalue weighted by Crippen LogP contribution is 2.25. The minimum absolute atomic E-state index is 0.330. The third kappa shape index (κ3) is 3.63. The Hall–Kier alpha value is -1.70. The maximum atomic E-state index is 11.8. The third-order valence-corrected chi connectivity index (χ3v) is 4.18. The SMILES string of the molecule is O=C(O)/C=C/c1cnc(NC(=O)c2sccc2Cl)s1. The summed E-state index contributed by atoms with van der Waals surface area (Å²) in [6, 6.07) is 1.64. The first-order valence-electron chi connectivity index (χ1n) is 4.97. The molecule has 2 N–H and O–H groups in total. The smallest absolute Gasteiger partial charge is 0.328 e. The van der Waals surface area contributed by atoms with Gasteiger partial charge in [0.2, 0.25) is 0 Å². The van der Waals surface area contributed by atoms with Crippen molar-refractivity contribution in [1.82, 2.24) is 4.98 Å². The number of nitrogens with zero attached hydrogens (tertiary/aromatic N) is 1. The second-order valence-electron chi connectivity index (χ2n) is 3.29. The van der Waals surface area contributed by atoms with Crippen LogP contribution in [-0.2, 0) is 4.79 Å². The number of thiophene rings is 1. The molecule has 19 heavy (non-hydrogen) atoms. The van der Waals surface area contributed by atoms with Gasteiger partial charge in [-0.2, -0.15) is 0 Å². The van der Waals surface area contributed by atoms with E-state index in [0.29, 0.717) is 19.9 Å². The average molecular weight is 315 g/mol. The van der Waals surface area contributed by atoms with E-state index in [9.17, 15) is 9.59 Å². The number of rotatable bonds is 4. The van der Waals surface area contributed by atoms with Crippen molar-refractivity contribution in [3.63, 3.8) is 0 Å². The van der Waals surface area contributed by atoms with Gasteiger partial charge in [0.15, 0.2) is 5.13 Å². The molecule has 0 aliphatic heterocycles. The number of hydrogen-bond donors (Lipinski definition) is 2. The van der Waals surface area contributed by atoms with Gasteiger partial charge < -0.3 is 5.11 Å². The van der Waals surface area contributed by atoms with E-state index in [1.807, 2.05) is 0 Å². The van der Waals surface area contributed by atoms with E-state index in [0.717, 1.165) is 6.08 Å². The van der Waals surface area contributed by atoms with Gasteiger partial charge in [-0.15, -0.1) is 11.3 Å². The van der Waals surface area contributed by atoms with Crippen molar-refractivity contribution >= 4 is 57.4 Å². The predicted octanol–water partition coefficient (Wildman–Crippen LogP) is 3.21. The highest BCUT2D eigenvalue weighted by molar-refractivity contribution is 7.17. The summed E-state index contributed by atoms with van der Waals surface area (Å²) < 4.78 is 0. The largest absolute Gasteiger partial charge is 0.478 e. The van der Waals surface area contributed by atoms with Crippen LogP contribution in [0, 0.1) is 0 Å². The maximum absolute atomic E-state index is 11.8. The first kappa shape index (κ1) is 13.7. The van der Waals surface area contributed by atoms with Crippen LogP contribution < -0.4 is 5.32 Å². The summed E-state index contributed by atoms with van der Waals surface area (Å²) >= 11 is 8.26. The summed E-state index contributed by atoms with van der Waals surface area (Å²) in [6.07, 6.45) is 3.90. The van der Waals surface area contributed by atoms with Crippen molar-refractivity contribution in [1.29, 1.82) is 0 Å². The Morgan fingerprint density at radius 2 is 2.26 bits per heavy atom. The van der Waals surface area contributed by atoms with E-state index in [4.69, 9.17) is 16.7 Å². The fraction of sp³-hybridized carbons (Fsp3) is 0. The molecule has 0 radical (unpaired) electrons. The summed E-state index contributed by atoms with van der Waals surface area (Å²) in [5.74, 6) is -1.37. The molecule has 8 heteroatoms. The number of halogens is 1. The van der Waals surface area contributed by atoms with Crippen LogP contribution in [0.4, 0.5) is 5.13 Å². The molecule has 1 amide bonds. The first-order chi connectivity index (χ1) is 9.06. The van der Waals surface area contributed by atoms with E-state index in [2.05, 4.69) is 10.3 Å². The standard InChI is InChI=1S/C11H7ClN2O3S2/c12-7-3-4-18-9(7)10(17)14-11-13-5-6(19-11)1-2-8(15)16/h1-5H,(H,15,16)(H,13,14,17)/b2-1+. The van der Waals surface area contributed by atoms with Crippen LogP contribution in [0.15, 0.2) is 23.7 Å². The summed E-state index contributed by atoms with van der Waals surface area (Å²) in [6.45, 7) is 0. The lowest BCUT2D eigenvalue weighted by Crippen LogP contribution is -2.10. The Morgan fingerprint density at radius 3 is 2.89 bits per heavy atom. The monoisotopic (exact) mass is 314 g/mol. The lowest BCUT2D eigenvalue weighted by atomic mass is 10.4. The quantitative estimate of drug-likeness (QED) is 0.849. The minimum atomic E-state index is -1.04. The Balaban J connectivity index is 2.06. The van der Waals surface area contributed by atoms with Gasteiger partial charge in [0.1, 0.15) is 4.88 Å². The summed E-state index contributed by atoms with van der Waals surface area (Å²) in [5.41, 5.74) is 0. The Labute approximate surface area is 121 Å². The molecule has 0 fully saturated rings. The molecule has 98 valence electrons. The number of carbonyl (C=O) groups is 2. The molecule has 2 heterocycles. The molecule has 0 aliphatic rings. The summed E-state index contributed by atoms with van der Waals surface area (Å²) in [7, 11) is 0. The number of carboxylic acids is 1. The maximum Gasteiger partial charge on any atom is 0.328 e. The van der Waals surface area contributed by atoms with E-state index >= 15 is 0 Å². The number of thiazole rings is 1. The Kier molecular flexibility index (Phi) is 4.31. The normalized spacial score (nSPS) is 10.8. The molecular weight excluding hydrogens is 308 g/mol. The topological polar surface area (TPSA) is 79.3 Å². The lowest BCUT2D eigenvalue weighted by Gasteiger charge is -1.98. The fourth-order valence-electron chi connectivity index (χ4n) is 1.18. The fourth-order valence-corrected chi connectivity index (χ4v) is 2.93. The molecule has 0 bridgehead atoms. The van der Waals surface area contributed by atoms with Crippen LogP contribution in [0.3, 0.4) is 0 Å².